The Hall–Kier alpha value is -2.74. The molecule has 0 bridgehead atoms. The van der Waals surface area contributed by atoms with Crippen LogP contribution in [0, 0.1) is 16.7 Å². The molecule has 0 fully saturated rings. The van der Waals surface area contributed by atoms with E-state index in [9.17, 15) is 4.79 Å². The number of anilines is 2. The third-order valence-electron chi connectivity index (χ3n) is 3.10. The Balaban J connectivity index is 2.48. The Labute approximate surface area is 123 Å². The summed E-state index contributed by atoms with van der Waals surface area (Å²) in [4.78, 5) is 22.6. The fourth-order valence-electron chi connectivity index (χ4n) is 1.91. The number of aromatic nitrogens is 2. The smallest absolute Gasteiger partial charge is 0.239 e. The zero-order chi connectivity index (χ0) is 15.3. The molecule has 21 heavy (non-hydrogen) atoms. The Morgan fingerprint density at radius 2 is 2.00 bits per heavy atom. The van der Waals surface area contributed by atoms with Gasteiger partial charge in [-0.1, -0.05) is 18.2 Å². The highest BCUT2D eigenvalue weighted by atomic mass is 16.2. The average Bonchev–Trinajstić information content (AvgIpc) is 2.49. The molecule has 1 amide bonds. The van der Waals surface area contributed by atoms with Crippen LogP contribution in [0.25, 0.3) is 0 Å². The quantitative estimate of drug-likeness (QED) is 0.863. The summed E-state index contributed by atoms with van der Waals surface area (Å²) in [6.45, 7) is 3.51. The molecule has 1 heterocycles. The number of hydrogen-bond donors (Lipinski definition) is 0. The fourth-order valence-corrected chi connectivity index (χ4v) is 1.91. The lowest BCUT2D eigenvalue weighted by Crippen LogP contribution is -2.38. The van der Waals surface area contributed by atoms with E-state index in [-0.39, 0.29) is 12.3 Å². The average molecular weight is 280 g/mol. The number of nitrogens with zero attached hydrogens (tertiary/aromatic N) is 4. The monoisotopic (exact) mass is 280 g/mol. The highest BCUT2D eigenvalue weighted by Crippen LogP contribution is 2.31. The zero-order valence-corrected chi connectivity index (χ0v) is 12.0. The van der Waals surface area contributed by atoms with E-state index in [4.69, 9.17) is 5.26 Å². The van der Waals surface area contributed by atoms with Crippen LogP contribution in [0.4, 0.5) is 11.5 Å². The Kier molecular flexibility index (Phi) is 4.29. The molecule has 0 aliphatic rings. The number of para-hydroxylation sites is 1. The Bertz CT molecular complexity index is 607. The minimum atomic E-state index is -0.803. The molecule has 0 spiro atoms. The molecule has 0 unspecified atom stereocenters. The molecule has 1 aromatic heterocycles. The van der Waals surface area contributed by atoms with Crippen LogP contribution in [0.3, 0.4) is 0 Å². The number of carbonyl (C=O) groups excluding carboxylic acids is 1. The van der Waals surface area contributed by atoms with Crippen molar-refractivity contribution in [2.24, 2.45) is 5.41 Å². The van der Waals surface area contributed by atoms with Gasteiger partial charge in [-0.25, -0.2) is 4.98 Å². The highest BCUT2D eigenvalue weighted by molar-refractivity contribution is 6.02. The van der Waals surface area contributed by atoms with E-state index < -0.39 is 5.41 Å². The van der Waals surface area contributed by atoms with Gasteiger partial charge < -0.3 is 0 Å². The molecular weight excluding hydrogens is 264 g/mol. The fraction of sp³-hybridized carbons (Fsp3) is 0.250. The molecular formula is C16H16N4O. The molecule has 0 aliphatic carbocycles. The van der Waals surface area contributed by atoms with Gasteiger partial charge in [0.25, 0.3) is 0 Å². The molecule has 5 heteroatoms. The van der Waals surface area contributed by atoms with E-state index in [0.29, 0.717) is 11.5 Å². The van der Waals surface area contributed by atoms with Crippen molar-refractivity contribution in [1.82, 2.24) is 9.97 Å². The maximum atomic E-state index is 12.9. The normalized spacial score (nSPS) is 10.7. The van der Waals surface area contributed by atoms with Gasteiger partial charge in [0.05, 0.1) is 23.4 Å². The van der Waals surface area contributed by atoms with Crippen LogP contribution in [0.5, 0.6) is 0 Å². The van der Waals surface area contributed by atoms with E-state index in [1.807, 2.05) is 30.3 Å². The number of rotatable bonds is 4. The maximum Gasteiger partial charge on any atom is 0.239 e. The van der Waals surface area contributed by atoms with Gasteiger partial charge in [0.15, 0.2) is 5.82 Å². The Morgan fingerprint density at radius 1 is 1.29 bits per heavy atom. The highest BCUT2D eigenvalue weighted by Gasteiger charge is 2.34. The molecule has 0 atom stereocenters. The summed E-state index contributed by atoms with van der Waals surface area (Å²) in [5, 5.41) is 8.92. The lowest BCUT2D eigenvalue weighted by atomic mass is 9.88. The maximum absolute atomic E-state index is 12.9. The van der Waals surface area contributed by atoms with Crippen molar-refractivity contribution in [3.05, 3.63) is 48.9 Å². The number of benzene rings is 1. The molecule has 0 saturated heterocycles. The lowest BCUT2D eigenvalue weighted by molar-refractivity contribution is -0.125. The first-order valence-electron chi connectivity index (χ1n) is 6.59. The summed E-state index contributed by atoms with van der Waals surface area (Å²) in [7, 11) is 0. The van der Waals surface area contributed by atoms with Crippen LogP contribution in [-0.2, 0) is 4.79 Å². The van der Waals surface area contributed by atoms with Crippen molar-refractivity contribution >= 4 is 17.4 Å². The predicted octanol–water partition coefficient (Wildman–Crippen LogP) is 3.08. The molecule has 1 aromatic carbocycles. The van der Waals surface area contributed by atoms with Crippen molar-refractivity contribution in [2.45, 2.75) is 20.3 Å². The summed E-state index contributed by atoms with van der Waals surface area (Å²) in [6, 6.07) is 11.3. The van der Waals surface area contributed by atoms with Crippen LogP contribution in [0.1, 0.15) is 20.3 Å². The van der Waals surface area contributed by atoms with Gasteiger partial charge in [-0.2, -0.15) is 5.26 Å². The van der Waals surface area contributed by atoms with Crippen molar-refractivity contribution < 1.29 is 4.79 Å². The first kappa shape index (κ1) is 14.7. The van der Waals surface area contributed by atoms with E-state index in [1.54, 1.807) is 20.0 Å². The standard InChI is InChI=1S/C16H16N4O/c1-16(2,8-9-17)15(21)20(13-6-4-3-5-7-13)14-12-18-10-11-19-14/h3-7,10-12H,8H2,1-2H3. The molecule has 5 nitrogen and oxygen atoms in total. The van der Waals surface area contributed by atoms with Gasteiger partial charge in [0.2, 0.25) is 5.91 Å². The topological polar surface area (TPSA) is 69.9 Å². The van der Waals surface area contributed by atoms with Gasteiger partial charge in [0, 0.05) is 18.8 Å². The van der Waals surface area contributed by atoms with Gasteiger partial charge in [-0.05, 0) is 26.0 Å². The van der Waals surface area contributed by atoms with Gasteiger partial charge >= 0.3 is 0 Å². The zero-order valence-electron chi connectivity index (χ0n) is 12.0. The first-order chi connectivity index (χ1) is 10.1. The van der Waals surface area contributed by atoms with Crippen LogP contribution in [-0.4, -0.2) is 15.9 Å². The van der Waals surface area contributed by atoms with Crippen molar-refractivity contribution in [3.63, 3.8) is 0 Å². The van der Waals surface area contributed by atoms with Crippen molar-refractivity contribution in [2.75, 3.05) is 4.90 Å². The third kappa shape index (κ3) is 3.23. The summed E-state index contributed by atoms with van der Waals surface area (Å²) in [5.41, 5.74) is -0.101. The second-order valence-electron chi connectivity index (χ2n) is 5.26. The number of amides is 1. The van der Waals surface area contributed by atoms with Gasteiger partial charge in [0.1, 0.15) is 0 Å². The van der Waals surface area contributed by atoms with Crippen LogP contribution in [0.2, 0.25) is 0 Å². The molecule has 106 valence electrons. The van der Waals surface area contributed by atoms with Crippen LogP contribution < -0.4 is 4.90 Å². The van der Waals surface area contributed by atoms with Gasteiger partial charge in [-0.3, -0.25) is 14.7 Å². The second kappa shape index (κ2) is 6.14. The molecule has 2 rings (SSSR count). The SMILES string of the molecule is CC(C)(CC#N)C(=O)N(c1ccccc1)c1cnccn1. The Morgan fingerprint density at radius 3 is 2.57 bits per heavy atom. The minimum absolute atomic E-state index is 0.134. The summed E-state index contributed by atoms with van der Waals surface area (Å²) >= 11 is 0. The number of carbonyl (C=O) groups is 1. The summed E-state index contributed by atoms with van der Waals surface area (Å²) < 4.78 is 0. The van der Waals surface area contributed by atoms with E-state index in [1.165, 1.54) is 17.3 Å². The molecule has 0 saturated carbocycles. The predicted molar refractivity (Wildman–Crippen MR) is 79.6 cm³/mol. The van der Waals surface area contributed by atoms with Crippen LogP contribution >= 0.6 is 0 Å². The van der Waals surface area contributed by atoms with Crippen molar-refractivity contribution in [3.8, 4) is 6.07 Å². The summed E-state index contributed by atoms with van der Waals surface area (Å²) in [6.07, 6.45) is 4.76. The second-order valence-corrected chi connectivity index (χ2v) is 5.26. The molecule has 0 radical (unpaired) electrons. The molecule has 2 aromatic rings. The number of hydrogen-bond acceptors (Lipinski definition) is 4. The lowest BCUT2D eigenvalue weighted by Gasteiger charge is -2.29. The largest absolute Gasteiger partial charge is 0.273 e. The molecule has 0 aliphatic heterocycles. The van der Waals surface area contributed by atoms with Gasteiger partial charge in [-0.15, -0.1) is 0 Å². The summed E-state index contributed by atoms with van der Waals surface area (Å²) in [5.74, 6) is 0.260. The van der Waals surface area contributed by atoms with E-state index in [0.717, 1.165) is 0 Å². The van der Waals surface area contributed by atoms with E-state index in [2.05, 4.69) is 16.0 Å². The van der Waals surface area contributed by atoms with Crippen LogP contribution in [0.15, 0.2) is 48.9 Å². The van der Waals surface area contributed by atoms with Crippen molar-refractivity contribution in [1.29, 1.82) is 5.26 Å². The number of nitriles is 1. The minimum Gasteiger partial charge on any atom is -0.273 e. The molecule has 0 N–H and O–H groups in total. The third-order valence-corrected chi connectivity index (χ3v) is 3.10. The van der Waals surface area contributed by atoms with E-state index >= 15 is 0 Å². The first-order valence-corrected chi connectivity index (χ1v) is 6.59.